The monoisotopic (exact) mass is 349 g/mol. The van der Waals surface area contributed by atoms with Crippen molar-refractivity contribution in [2.75, 3.05) is 7.05 Å². The van der Waals surface area contributed by atoms with Crippen LogP contribution >= 0.6 is 0 Å². The molecule has 0 bridgehead atoms. The number of nitrogens with zero attached hydrogens (tertiary/aromatic N) is 5. The minimum atomic E-state index is -0.399. The van der Waals surface area contributed by atoms with Gasteiger partial charge in [-0.25, -0.2) is 9.78 Å². The molecule has 2 aromatic heterocycles. The molecule has 0 saturated heterocycles. The topological polar surface area (TPSA) is 82.1 Å². The number of amides is 1. The van der Waals surface area contributed by atoms with Crippen molar-refractivity contribution < 1.29 is 4.79 Å². The third kappa shape index (κ3) is 3.67. The van der Waals surface area contributed by atoms with Crippen LogP contribution in [0, 0.1) is 0 Å². The Kier molecular flexibility index (Phi) is 5.81. The van der Waals surface area contributed by atoms with Gasteiger partial charge in [0.25, 0.3) is 5.56 Å². The summed E-state index contributed by atoms with van der Waals surface area (Å²) in [5.41, 5.74) is -0.00190. The van der Waals surface area contributed by atoms with Gasteiger partial charge in [0.2, 0.25) is 5.91 Å². The average molecular weight is 349 g/mol. The van der Waals surface area contributed by atoms with Crippen molar-refractivity contribution in [3.8, 4) is 0 Å². The minimum absolute atomic E-state index is 0.102. The van der Waals surface area contributed by atoms with Gasteiger partial charge in [-0.05, 0) is 19.8 Å². The maximum atomic E-state index is 12.4. The molecule has 0 aliphatic heterocycles. The predicted molar refractivity (Wildman–Crippen MR) is 96.6 cm³/mol. The third-order valence-electron chi connectivity index (χ3n) is 4.77. The number of hydrogen-bond donors (Lipinski definition) is 0. The summed E-state index contributed by atoms with van der Waals surface area (Å²) in [7, 11) is 4.88. The van der Waals surface area contributed by atoms with Gasteiger partial charge in [0, 0.05) is 40.2 Å². The second-order valence-corrected chi connectivity index (χ2v) is 6.56. The van der Waals surface area contributed by atoms with Crippen molar-refractivity contribution in [3.05, 3.63) is 27.2 Å². The molecular weight excluding hydrogens is 322 g/mol. The van der Waals surface area contributed by atoms with Gasteiger partial charge in [0.15, 0.2) is 11.2 Å². The van der Waals surface area contributed by atoms with E-state index in [-0.39, 0.29) is 17.5 Å². The molecule has 8 heteroatoms. The number of carbonyl (C=O) groups excluding carboxylic acids is 1. The zero-order valence-electron chi connectivity index (χ0n) is 15.7. The number of carbonyl (C=O) groups is 1. The predicted octanol–water partition coefficient (Wildman–Crippen LogP) is 0.861. The molecule has 0 spiro atoms. The molecule has 0 aromatic carbocycles. The Morgan fingerprint density at radius 2 is 1.96 bits per heavy atom. The zero-order valence-corrected chi connectivity index (χ0v) is 15.7. The van der Waals surface area contributed by atoms with Gasteiger partial charge in [0.1, 0.15) is 0 Å². The molecular formula is C17H27N5O3. The SMILES string of the molecule is CCC[C@H](C)N(C)C(=O)CCCn1cnc2c1c(=O)n(C)c(=O)n2C. The summed E-state index contributed by atoms with van der Waals surface area (Å²) >= 11 is 0. The molecule has 8 nitrogen and oxygen atoms in total. The first-order chi connectivity index (χ1) is 11.8. The first-order valence-corrected chi connectivity index (χ1v) is 8.66. The highest BCUT2D eigenvalue weighted by atomic mass is 16.2. The Bertz CT molecular complexity index is 877. The fourth-order valence-electron chi connectivity index (χ4n) is 3.00. The fourth-order valence-corrected chi connectivity index (χ4v) is 3.00. The molecule has 1 amide bonds. The number of aromatic nitrogens is 4. The Morgan fingerprint density at radius 3 is 2.60 bits per heavy atom. The summed E-state index contributed by atoms with van der Waals surface area (Å²) in [6.07, 6.45) is 4.61. The molecule has 2 rings (SSSR count). The lowest BCUT2D eigenvalue weighted by Crippen LogP contribution is -2.37. The second-order valence-electron chi connectivity index (χ2n) is 6.56. The highest BCUT2D eigenvalue weighted by molar-refractivity contribution is 5.76. The van der Waals surface area contributed by atoms with E-state index in [2.05, 4.69) is 18.8 Å². The van der Waals surface area contributed by atoms with Crippen molar-refractivity contribution in [1.82, 2.24) is 23.6 Å². The number of rotatable bonds is 7. The summed E-state index contributed by atoms with van der Waals surface area (Å²) in [6.45, 7) is 4.66. The molecule has 0 saturated carbocycles. The van der Waals surface area contributed by atoms with Gasteiger partial charge >= 0.3 is 5.69 Å². The maximum absolute atomic E-state index is 12.4. The van der Waals surface area contributed by atoms with Crippen LogP contribution in [-0.2, 0) is 25.4 Å². The van der Waals surface area contributed by atoms with Crippen LogP contribution in [0.15, 0.2) is 15.9 Å². The Hall–Kier alpha value is -2.38. The molecule has 0 radical (unpaired) electrons. The van der Waals surface area contributed by atoms with Gasteiger partial charge in [-0.3, -0.25) is 18.7 Å². The van der Waals surface area contributed by atoms with Crippen LogP contribution in [-0.4, -0.2) is 42.6 Å². The van der Waals surface area contributed by atoms with Gasteiger partial charge in [-0.15, -0.1) is 0 Å². The molecule has 0 aliphatic carbocycles. The third-order valence-corrected chi connectivity index (χ3v) is 4.77. The Morgan fingerprint density at radius 1 is 1.28 bits per heavy atom. The number of imidazole rings is 1. The van der Waals surface area contributed by atoms with Crippen molar-refractivity contribution in [3.63, 3.8) is 0 Å². The summed E-state index contributed by atoms with van der Waals surface area (Å²) in [6, 6.07) is 0.230. The van der Waals surface area contributed by atoms with E-state index in [1.54, 1.807) is 22.8 Å². The zero-order chi connectivity index (χ0) is 18.7. The van der Waals surface area contributed by atoms with E-state index in [9.17, 15) is 14.4 Å². The molecule has 0 unspecified atom stereocenters. The van der Waals surface area contributed by atoms with Crippen molar-refractivity contribution in [2.24, 2.45) is 14.1 Å². The van der Waals surface area contributed by atoms with E-state index >= 15 is 0 Å². The quantitative estimate of drug-likeness (QED) is 0.742. The van der Waals surface area contributed by atoms with Crippen LogP contribution in [0.2, 0.25) is 0 Å². The van der Waals surface area contributed by atoms with Crippen LogP contribution in [0.3, 0.4) is 0 Å². The molecule has 2 heterocycles. The largest absolute Gasteiger partial charge is 0.343 e. The lowest BCUT2D eigenvalue weighted by Gasteiger charge is -2.24. The summed E-state index contributed by atoms with van der Waals surface area (Å²) in [5, 5.41) is 0. The fraction of sp³-hybridized carbons (Fsp3) is 0.647. The normalized spacial score (nSPS) is 12.5. The van der Waals surface area contributed by atoms with E-state index in [0.29, 0.717) is 30.6 Å². The minimum Gasteiger partial charge on any atom is -0.343 e. The van der Waals surface area contributed by atoms with E-state index in [0.717, 1.165) is 17.4 Å². The molecule has 25 heavy (non-hydrogen) atoms. The van der Waals surface area contributed by atoms with Crippen LogP contribution in [0.25, 0.3) is 11.2 Å². The number of aryl methyl sites for hydroxylation is 2. The van der Waals surface area contributed by atoms with Crippen LogP contribution in [0.4, 0.5) is 0 Å². The lowest BCUT2D eigenvalue weighted by atomic mass is 10.1. The molecule has 0 N–H and O–H groups in total. The van der Waals surface area contributed by atoms with Gasteiger partial charge in [-0.1, -0.05) is 13.3 Å². The van der Waals surface area contributed by atoms with Crippen molar-refractivity contribution in [2.45, 2.75) is 52.1 Å². The van der Waals surface area contributed by atoms with Gasteiger partial charge < -0.3 is 9.47 Å². The smallest absolute Gasteiger partial charge is 0.332 e. The molecule has 1 atom stereocenters. The van der Waals surface area contributed by atoms with Crippen LogP contribution < -0.4 is 11.2 Å². The molecule has 2 aromatic rings. The number of fused-ring (bicyclic) bond motifs is 1. The Balaban J connectivity index is 2.11. The van der Waals surface area contributed by atoms with Crippen LogP contribution in [0.5, 0.6) is 0 Å². The standard InChI is InChI=1S/C17H27N5O3/c1-6-8-12(2)19(3)13(23)9-7-10-22-11-18-15-14(22)16(24)21(5)17(25)20(15)4/h11-12H,6-10H2,1-5H3/t12-/m0/s1. The summed E-state index contributed by atoms with van der Waals surface area (Å²) in [4.78, 5) is 42.5. The highest BCUT2D eigenvalue weighted by Crippen LogP contribution is 2.10. The summed E-state index contributed by atoms with van der Waals surface area (Å²) < 4.78 is 4.16. The van der Waals surface area contributed by atoms with Crippen molar-refractivity contribution in [1.29, 1.82) is 0 Å². The highest BCUT2D eigenvalue weighted by Gasteiger charge is 2.16. The van der Waals surface area contributed by atoms with E-state index in [1.165, 1.54) is 11.6 Å². The van der Waals surface area contributed by atoms with Gasteiger partial charge in [-0.2, -0.15) is 0 Å². The molecule has 138 valence electrons. The molecule has 0 aliphatic rings. The van der Waals surface area contributed by atoms with Gasteiger partial charge in [0.05, 0.1) is 6.33 Å². The van der Waals surface area contributed by atoms with Crippen molar-refractivity contribution >= 4 is 17.1 Å². The van der Waals surface area contributed by atoms with E-state index in [1.807, 2.05) is 7.05 Å². The maximum Gasteiger partial charge on any atom is 0.332 e. The van der Waals surface area contributed by atoms with Crippen LogP contribution in [0.1, 0.15) is 39.5 Å². The Labute approximate surface area is 146 Å². The summed E-state index contributed by atoms with van der Waals surface area (Å²) in [5.74, 6) is 0.102. The second kappa shape index (κ2) is 7.67. The average Bonchev–Trinajstić information content (AvgIpc) is 3.01. The first-order valence-electron chi connectivity index (χ1n) is 8.66. The molecule has 0 fully saturated rings. The first kappa shape index (κ1) is 19.0. The van der Waals surface area contributed by atoms with E-state index in [4.69, 9.17) is 0 Å². The number of hydrogen-bond acceptors (Lipinski definition) is 4. The van der Waals surface area contributed by atoms with E-state index < -0.39 is 5.69 Å². The lowest BCUT2D eigenvalue weighted by molar-refractivity contribution is -0.131.